The molecule has 1 fully saturated rings. The summed E-state index contributed by atoms with van der Waals surface area (Å²) in [5.41, 5.74) is -0.644. The van der Waals surface area contributed by atoms with Gasteiger partial charge in [-0.2, -0.15) is 0 Å². The van der Waals surface area contributed by atoms with E-state index in [0.717, 1.165) is 32.5 Å². The number of methoxy groups -OCH3 is 1. The lowest BCUT2D eigenvalue weighted by Crippen LogP contribution is -2.47. The Morgan fingerprint density at radius 2 is 2.31 bits per heavy atom. The monoisotopic (exact) mass is 228 g/mol. The van der Waals surface area contributed by atoms with Gasteiger partial charge in [-0.25, -0.2) is 0 Å². The van der Waals surface area contributed by atoms with Crippen LogP contribution in [0.2, 0.25) is 0 Å². The summed E-state index contributed by atoms with van der Waals surface area (Å²) >= 11 is 0. The van der Waals surface area contributed by atoms with E-state index in [1.807, 2.05) is 25.8 Å². The van der Waals surface area contributed by atoms with Crippen LogP contribution >= 0.6 is 0 Å². The summed E-state index contributed by atoms with van der Waals surface area (Å²) in [6.45, 7) is 6.58. The molecule has 1 saturated heterocycles. The van der Waals surface area contributed by atoms with E-state index >= 15 is 0 Å². The van der Waals surface area contributed by atoms with Crippen LogP contribution in [0, 0.1) is 5.92 Å². The van der Waals surface area contributed by atoms with E-state index in [0.29, 0.717) is 5.92 Å². The molecule has 1 heterocycles. The van der Waals surface area contributed by atoms with Gasteiger partial charge in [0.05, 0.1) is 0 Å². The highest BCUT2D eigenvalue weighted by atomic mass is 16.5. The van der Waals surface area contributed by atoms with Crippen molar-refractivity contribution < 1.29 is 9.53 Å². The van der Waals surface area contributed by atoms with Crippen molar-refractivity contribution in [3.63, 3.8) is 0 Å². The predicted molar refractivity (Wildman–Crippen MR) is 64.3 cm³/mol. The minimum absolute atomic E-state index is 0.135. The SMILES string of the molecule is CCC(C)(OC)C(=O)N1CCC(CNC)C1. The lowest BCUT2D eigenvalue weighted by molar-refractivity contribution is -0.152. The molecule has 1 N–H and O–H groups in total. The second kappa shape index (κ2) is 5.64. The zero-order valence-electron chi connectivity index (χ0n) is 10.9. The highest BCUT2D eigenvalue weighted by Gasteiger charge is 2.37. The van der Waals surface area contributed by atoms with Crippen LogP contribution in [0.15, 0.2) is 0 Å². The van der Waals surface area contributed by atoms with E-state index in [9.17, 15) is 4.79 Å². The van der Waals surface area contributed by atoms with Gasteiger partial charge in [0.2, 0.25) is 0 Å². The van der Waals surface area contributed by atoms with Crippen LogP contribution in [-0.2, 0) is 9.53 Å². The molecule has 0 aliphatic carbocycles. The second-order valence-electron chi connectivity index (χ2n) is 4.75. The summed E-state index contributed by atoms with van der Waals surface area (Å²) in [5, 5.41) is 3.17. The van der Waals surface area contributed by atoms with Crippen LogP contribution in [0.1, 0.15) is 26.7 Å². The normalized spacial score (nSPS) is 24.5. The topological polar surface area (TPSA) is 41.6 Å². The molecule has 0 aromatic rings. The first kappa shape index (κ1) is 13.5. The summed E-state index contributed by atoms with van der Waals surface area (Å²) in [5.74, 6) is 0.725. The van der Waals surface area contributed by atoms with Crippen molar-refractivity contribution in [2.45, 2.75) is 32.3 Å². The Morgan fingerprint density at radius 3 is 2.81 bits per heavy atom. The molecule has 0 saturated carbocycles. The summed E-state index contributed by atoms with van der Waals surface area (Å²) in [7, 11) is 3.57. The first-order valence-electron chi connectivity index (χ1n) is 6.06. The largest absolute Gasteiger partial charge is 0.369 e. The fourth-order valence-electron chi connectivity index (χ4n) is 2.19. The molecule has 1 aliphatic rings. The number of hydrogen-bond acceptors (Lipinski definition) is 3. The van der Waals surface area contributed by atoms with Gasteiger partial charge in [0.1, 0.15) is 5.60 Å². The van der Waals surface area contributed by atoms with Crippen LogP contribution in [0.5, 0.6) is 0 Å². The standard InChI is InChI=1S/C12H24N2O2/c1-5-12(2,16-4)11(15)14-7-6-10(9-14)8-13-3/h10,13H,5-9H2,1-4H3. The summed E-state index contributed by atoms with van der Waals surface area (Å²) in [4.78, 5) is 14.2. The Balaban J connectivity index is 2.56. The third-order valence-electron chi connectivity index (χ3n) is 3.64. The molecule has 1 aliphatic heterocycles. The fourth-order valence-corrected chi connectivity index (χ4v) is 2.19. The van der Waals surface area contributed by atoms with Gasteiger partial charge in [-0.05, 0) is 39.3 Å². The van der Waals surface area contributed by atoms with Crippen molar-refractivity contribution in [3.05, 3.63) is 0 Å². The molecule has 16 heavy (non-hydrogen) atoms. The Bertz CT molecular complexity index is 239. The number of carbonyl (C=O) groups is 1. The van der Waals surface area contributed by atoms with Gasteiger partial charge >= 0.3 is 0 Å². The van der Waals surface area contributed by atoms with E-state index in [-0.39, 0.29) is 5.91 Å². The molecule has 4 heteroatoms. The van der Waals surface area contributed by atoms with E-state index in [1.54, 1.807) is 7.11 Å². The van der Waals surface area contributed by atoms with E-state index in [2.05, 4.69) is 5.32 Å². The van der Waals surface area contributed by atoms with Gasteiger partial charge in [-0.3, -0.25) is 4.79 Å². The van der Waals surface area contributed by atoms with Crippen molar-refractivity contribution in [1.29, 1.82) is 0 Å². The Hall–Kier alpha value is -0.610. The molecule has 0 aromatic carbocycles. The average molecular weight is 228 g/mol. The quantitative estimate of drug-likeness (QED) is 0.759. The van der Waals surface area contributed by atoms with Gasteiger partial charge in [-0.15, -0.1) is 0 Å². The molecule has 0 aromatic heterocycles. The number of carbonyl (C=O) groups excluding carboxylic acids is 1. The van der Waals surface area contributed by atoms with Gasteiger partial charge in [-0.1, -0.05) is 6.92 Å². The van der Waals surface area contributed by atoms with E-state index in [1.165, 1.54) is 0 Å². The van der Waals surface area contributed by atoms with E-state index in [4.69, 9.17) is 4.74 Å². The van der Waals surface area contributed by atoms with Crippen LogP contribution in [-0.4, -0.2) is 50.2 Å². The highest BCUT2D eigenvalue weighted by Crippen LogP contribution is 2.23. The van der Waals surface area contributed by atoms with Crippen molar-refractivity contribution in [1.82, 2.24) is 10.2 Å². The van der Waals surface area contributed by atoms with Crippen LogP contribution in [0.4, 0.5) is 0 Å². The van der Waals surface area contributed by atoms with Crippen LogP contribution < -0.4 is 5.32 Å². The minimum atomic E-state index is -0.644. The zero-order chi connectivity index (χ0) is 12.2. The maximum absolute atomic E-state index is 12.3. The molecular formula is C12H24N2O2. The van der Waals surface area contributed by atoms with Gasteiger partial charge < -0.3 is 15.0 Å². The lowest BCUT2D eigenvalue weighted by Gasteiger charge is -2.30. The number of nitrogens with zero attached hydrogens (tertiary/aromatic N) is 1. The molecular weight excluding hydrogens is 204 g/mol. The first-order valence-corrected chi connectivity index (χ1v) is 6.06. The van der Waals surface area contributed by atoms with Crippen LogP contribution in [0.25, 0.3) is 0 Å². The summed E-state index contributed by atoms with van der Waals surface area (Å²) in [6.07, 6.45) is 1.81. The molecule has 0 spiro atoms. The smallest absolute Gasteiger partial charge is 0.254 e. The highest BCUT2D eigenvalue weighted by molar-refractivity contribution is 5.85. The lowest BCUT2D eigenvalue weighted by atomic mass is 10.0. The van der Waals surface area contributed by atoms with Crippen molar-refractivity contribution in [2.24, 2.45) is 5.92 Å². The van der Waals surface area contributed by atoms with Crippen LogP contribution in [0.3, 0.4) is 0 Å². The summed E-state index contributed by atoms with van der Waals surface area (Å²) < 4.78 is 5.35. The van der Waals surface area contributed by atoms with Crippen molar-refractivity contribution in [2.75, 3.05) is 33.8 Å². The number of hydrogen-bond donors (Lipinski definition) is 1. The molecule has 2 atom stereocenters. The Kier molecular flexibility index (Phi) is 4.74. The van der Waals surface area contributed by atoms with Crippen molar-refractivity contribution >= 4 is 5.91 Å². The maximum Gasteiger partial charge on any atom is 0.254 e. The molecule has 0 bridgehead atoms. The number of ether oxygens (including phenoxy) is 1. The number of likely N-dealkylation sites (tertiary alicyclic amines) is 1. The van der Waals surface area contributed by atoms with Gasteiger partial charge in [0.25, 0.3) is 5.91 Å². The maximum atomic E-state index is 12.3. The number of amides is 1. The van der Waals surface area contributed by atoms with Gasteiger partial charge in [0.15, 0.2) is 0 Å². The molecule has 94 valence electrons. The average Bonchev–Trinajstić information content (AvgIpc) is 2.76. The zero-order valence-corrected chi connectivity index (χ0v) is 10.9. The number of nitrogens with one attached hydrogen (secondary N) is 1. The molecule has 1 rings (SSSR count). The molecule has 1 amide bonds. The predicted octanol–water partition coefficient (Wildman–Crippen LogP) is 0.869. The first-order chi connectivity index (χ1) is 7.57. The number of rotatable bonds is 5. The van der Waals surface area contributed by atoms with Gasteiger partial charge in [0, 0.05) is 20.2 Å². The third-order valence-corrected chi connectivity index (χ3v) is 3.64. The Morgan fingerprint density at radius 1 is 1.62 bits per heavy atom. The van der Waals surface area contributed by atoms with Crippen molar-refractivity contribution in [3.8, 4) is 0 Å². The molecule has 0 radical (unpaired) electrons. The third kappa shape index (κ3) is 2.74. The minimum Gasteiger partial charge on any atom is -0.369 e. The molecule has 4 nitrogen and oxygen atoms in total. The van der Waals surface area contributed by atoms with E-state index < -0.39 is 5.60 Å². The summed E-state index contributed by atoms with van der Waals surface area (Å²) in [6, 6.07) is 0. The molecule has 2 unspecified atom stereocenters. The second-order valence-corrected chi connectivity index (χ2v) is 4.75. The Labute approximate surface area is 98.3 Å². The fraction of sp³-hybridized carbons (Fsp3) is 0.917.